The molecule has 1 aromatic heterocycles. The summed E-state index contributed by atoms with van der Waals surface area (Å²) in [4.78, 5) is 23.7. The maximum atomic E-state index is 13.1. The predicted octanol–water partition coefficient (Wildman–Crippen LogP) is 2.13. The van der Waals surface area contributed by atoms with E-state index in [2.05, 4.69) is 10.6 Å². The normalized spacial score (nSPS) is 11.8. The smallest absolute Gasteiger partial charge is 0.252 e. The van der Waals surface area contributed by atoms with Crippen LogP contribution in [0.5, 0.6) is 0 Å². The van der Waals surface area contributed by atoms with Crippen LogP contribution in [-0.2, 0) is 11.3 Å². The molecule has 0 saturated heterocycles. The van der Waals surface area contributed by atoms with Crippen LogP contribution in [0, 0.1) is 17.5 Å². The number of furan rings is 1. The summed E-state index contributed by atoms with van der Waals surface area (Å²) in [6.07, 6.45) is 1.45. The van der Waals surface area contributed by atoms with Crippen molar-refractivity contribution in [3.63, 3.8) is 0 Å². The number of carbonyl (C=O) groups is 2. The zero-order valence-electron chi connectivity index (χ0n) is 12.0. The second-order valence-corrected chi connectivity index (χ2v) is 4.75. The van der Waals surface area contributed by atoms with E-state index in [4.69, 9.17) is 4.42 Å². The topological polar surface area (TPSA) is 71.3 Å². The minimum Gasteiger partial charge on any atom is -0.467 e. The van der Waals surface area contributed by atoms with Gasteiger partial charge in [0.1, 0.15) is 11.8 Å². The molecule has 8 heteroatoms. The molecule has 0 bridgehead atoms. The van der Waals surface area contributed by atoms with Gasteiger partial charge >= 0.3 is 0 Å². The molecule has 2 N–H and O–H groups in total. The summed E-state index contributed by atoms with van der Waals surface area (Å²) in [5.41, 5.74) is -0.424. The SMILES string of the molecule is CC(NC(=O)c1cc(F)c(F)c(F)c1)C(=O)NCc1ccco1. The van der Waals surface area contributed by atoms with Gasteiger partial charge in [-0.2, -0.15) is 0 Å². The molecule has 1 heterocycles. The standard InChI is InChI=1S/C15H13F3N2O3/c1-8(14(21)19-7-10-3-2-4-23-10)20-15(22)9-5-11(16)13(18)12(17)6-9/h2-6,8H,7H2,1H3,(H,19,21)(H,20,22). The highest BCUT2D eigenvalue weighted by Gasteiger charge is 2.19. The molecule has 2 rings (SSSR count). The Kier molecular flexibility index (Phi) is 5.05. The van der Waals surface area contributed by atoms with E-state index >= 15 is 0 Å². The lowest BCUT2D eigenvalue weighted by Crippen LogP contribution is -2.44. The Morgan fingerprint density at radius 2 is 1.87 bits per heavy atom. The van der Waals surface area contributed by atoms with Crippen LogP contribution in [0.1, 0.15) is 23.0 Å². The van der Waals surface area contributed by atoms with Crippen LogP contribution in [0.2, 0.25) is 0 Å². The van der Waals surface area contributed by atoms with E-state index in [0.717, 1.165) is 0 Å². The molecule has 2 aromatic rings. The van der Waals surface area contributed by atoms with Crippen molar-refractivity contribution in [1.29, 1.82) is 0 Å². The molecule has 0 saturated carbocycles. The van der Waals surface area contributed by atoms with Gasteiger partial charge < -0.3 is 15.1 Å². The minimum absolute atomic E-state index is 0.131. The molecule has 23 heavy (non-hydrogen) atoms. The van der Waals surface area contributed by atoms with Crippen LogP contribution in [0.3, 0.4) is 0 Å². The number of benzene rings is 1. The van der Waals surface area contributed by atoms with Crippen LogP contribution in [0.4, 0.5) is 13.2 Å². The van der Waals surface area contributed by atoms with Crippen molar-refractivity contribution in [1.82, 2.24) is 10.6 Å². The van der Waals surface area contributed by atoms with E-state index in [9.17, 15) is 22.8 Å². The van der Waals surface area contributed by atoms with Gasteiger partial charge in [0.2, 0.25) is 5.91 Å². The van der Waals surface area contributed by atoms with E-state index in [1.165, 1.54) is 13.2 Å². The summed E-state index contributed by atoms with van der Waals surface area (Å²) in [5, 5.41) is 4.78. The molecule has 1 atom stereocenters. The summed E-state index contributed by atoms with van der Waals surface area (Å²) in [7, 11) is 0. The largest absolute Gasteiger partial charge is 0.467 e. The average molecular weight is 326 g/mol. The molecule has 0 fully saturated rings. The summed E-state index contributed by atoms with van der Waals surface area (Å²) in [5.74, 6) is -5.51. The van der Waals surface area contributed by atoms with E-state index in [1.807, 2.05) is 0 Å². The van der Waals surface area contributed by atoms with E-state index in [0.29, 0.717) is 17.9 Å². The third-order valence-electron chi connectivity index (χ3n) is 3.00. The number of hydrogen-bond donors (Lipinski definition) is 2. The molecule has 0 spiro atoms. The zero-order chi connectivity index (χ0) is 17.0. The fraction of sp³-hybridized carbons (Fsp3) is 0.200. The Morgan fingerprint density at radius 1 is 1.22 bits per heavy atom. The second kappa shape index (κ2) is 6.99. The van der Waals surface area contributed by atoms with Gasteiger partial charge in [0.25, 0.3) is 5.91 Å². The first kappa shape index (κ1) is 16.6. The third kappa shape index (κ3) is 4.12. The van der Waals surface area contributed by atoms with Gasteiger partial charge in [-0.05, 0) is 31.2 Å². The highest BCUT2D eigenvalue weighted by Crippen LogP contribution is 2.13. The van der Waals surface area contributed by atoms with E-state index in [1.54, 1.807) is 12.1 Å². The lowest BCUT2D eigenvalue weighted by atomic mass is 10.1. The lowest BCUT2D eigenvalue weighted by molar-refractivity contribution is -0.122. The number of rotatable bonds is 5. The van der Waals surface area contributed by atoms with Gasteiger partial charge in [-0.1, -0.05) is 0 Å². The maximum Gasteiger partial charge on any atom is 0.252 e. The molecule has 1 unspecified atom stereocenters. The quantitative estimate of drug-likeness (QED) is 0.827. The van der Waals surface area contributed by atoms with Crippen molar-refractivity contribution in [3.8, 4) is 0 Å². The maximum absolute atomic E-state index is 13.1. The molecule has 5 nitrogen and oxygen atoms in total. The summed E-state index contributed by atoms with van der Waals surface area (Å²) < 4.78 is 44.1. The van der Waals surface area contributed by atoms with Gasteiger partial charge in [-0.3, -0.25) is 9.59 Å². The molecule has 0 aliphatic carbocycles. The molecule has 1 aromatic carbocycles. The van der Waals surface area contributed by atoms with Crippen molar-refractivity contribution in [2.75, 3.05) is 0 Å². The van der Waals surface area contributed by atoms with Crippen LogP contribution in [0.25, 0.3) is 0 Å². The first-order valence-electron chi connectivity index (χ1n) is 6.64. The van der Waals surface area contributed by atoms with Gasteiger partial charge in [0, 0.05) is 5.56 Å². The fourth-order valence-electron chi connectivity index (χ4n) is 1.77. The molecule has 122 valence electrons. The summed E-state index contributed by atoms with van der Waals surface area (Å²) >= 11 is 0. The average Bonchev–Trinajstić information content (AvgIpc) is 3.02. The summed E-state index contributed by atoms with van der Waals surface area (Å²) in [6, 6.07) is 3.47. The Morgan fingerprint density at radius 3 is 2.43 bits per heavy atom. The number of amides is 2. The monoisotopic (exact) mass is 326 g/mol. The van der Waals surface area contributed by atoms with Crippen molar-refractivity contribution < 1.29 is 27.2 Å². The number of nitrogens with one attached hydrogen (secondary N) is 2. The van der Waals surface area contributed by atoms with E-state index in [-0.39, 0.29) is 6.54 Å². The third-order valence-corrected chi connectivity index (χ3v) is 3.00. The molecule has 0 aliphatic rings. The second-order valence-electron chi connectivity index (χ2n) is 4.75. The van der Waals surface area contributed by atoms with Gasteiger partial charge in [0.15, 0.2) is 17.5 Å². The van der Waals surface area contributed by atoms with Crippen molar-refractivity contribution >= 4 is 11.8 Å². The first-order valence-corrected chi connectivity index (χ1v) is 6.64. The van der Waals surface area contributed by atoms with E-state index < -0.39 is 40.9 Å². The van der Waals surface area contributed by atoms with Crippen LogP contribution >= 0.6 is 0 Å². The minimum atomic E-state index is -1.66. The molecular weight excluding hydrogens is 313 g/mol. The summed E-state index contributed by atoms with van der Waals surface area (Å²) in [6.45, 7) is 1.53. The zero-order valence-corrected chi connectivity index (χ0v) is 12.0. The highest BCUT2D eigenvalue weighted by atomic mass is 19.2. The fourth-order valence-corrected chi connectivity index (χ4v) is 1.77. The number of hydrogen-bond acceptors (Lipinski definition) is 3. The molecule has 2 amide bonds. The van der Waals surface area contributed by atoms with Crippen molar-refractivity contribution in [2.45, 2.75) is 19.5 Å². The van der Waals surface area contributed by atoms with Crippen LogP contribution in [0.15, 0.2) is 34.9 Å². The van der Waals surface area contributed by atoms with Gasteiger partial charge in [-0.25, -0.2) is 13.2 Å². The molecule has 0 radical (unpaired) electrons. The highest BCUT2D eigenvalue weighted by molar-refractivity contribution is 5.97. The Bertz CT molecular complexity index is 694. The first-order chi connectivity index (χ1) is 10.9. The van der Waals surface area contributed by atoms with Crippen LogP contribution in [-0.4, -0.2) is 17.9 Å². The van der Waals surface area contributed by atoms with Gasteiger partial charge in [-0.15, -0.1) is 0 Å². The van der Waals surface area contributed by atoms with Gasteiger partial charge in [0.05, 0.1) is 12.8 Å². The van der Waals surface area contributed by atoms with Crippen LogP contribution < -0.4 is 10.6 Å². The predicted molar refractivity (Wildman–Crippen MR) is 73.8 cm³/mol. The number of halogens is 3. The van der Waals surface area contributed by atoms with Crippen molar-refractivity contribution in [2.24, 2.45) is 0 Å². The Balaban J connectivity index is 1.95. The Labute approximate surface area is 129 Å². The Hall–Kier alpha value is -2.77. The number of carbonyl (C=O) groups excluding carboxylic acids is 2. The molecular formula is C15H13F3N2O3. The lowest BCUT2D eigenvalue weighted by Gasteiger charge is -2.14. The molecule has 0 aliphatic heterocycles. The van der Waals surface area contributed by atoms with Crippen molar-refractivity contribution in [3.05, 3.63) is 59.3 Å².